The maximum absolute atomic E-state index is 3.40. The highest BCUT2D eigenvalue weighted by molar-refractivity contribution is 4.68. The van der Waals surface area contributed by atoms with Gasteiger partial charge in [0.05, 0.1) is 0 Å². The highest BCUT2D eigenvalue weighted by Gasteiger charge is 2.10. The third kappa shape index (κ3) is 4.76. The predicted molar refractivity (Wildman–Crippen MR) is 56.4 cm³/mol. The third-order valence-electron chi connectivity index (χ3n) is 2.82. The molecular weight excluding hydrogens is 146 g/mol. The summed E-state index contributed by atoms with van der Waals surface area (Å²) >= 11 is 0. The van der Waals surface area contributed by atoms with Crippen LogP contribution in [0.1, 0.15) is 52.9 Å². The number of rotatable bonds is 7. The first kappa shape index (κ1) is 12.0. The Bertz CT molecular complexity index is 87.0. The fourth-order valence-corrected chi connectivity index (χ4v) is 1.75. The van der Waals surface area contributed by atoms with Gasteiger partial charge in [0, 0.05) is 6.04 Å². The molecule has 1 atom stereocenters. The Balaban J connectivity index is 3.65. The Labute approximate surface area is 77.9 Å². The molecule has 0 spiro atoms. The molecule has 12 heavy (non-hydrogen) atoms. The third-order valence-corrected chi connectivity index (χ3v) is 2.82. The number of hydrogen-bond acceptors (Lipinski definition) is 1. The minimum Gasteiger partial charge on any atom is -0.317 e. The predicted octanol–water partition coefficient (Wildman–Crippen LogP) is 3.20. The molecule has 0 aliphatic carbocycles. The van der Waals surface area contributed by atoms with Gasteiger partial charge in [-0.1, -0.05) is 40.0 Å². The molecule has 0 aromatic carbocycles. The molecule has 1 unspecified atom stereocenters. The van der Waals surface area contributed by atoms with E-state index in [0.717, 1.165) is 12.0 Å². The summed E-state index contributed by atoms with van der Waals surface area (Å²) in [5.41, 5.74) is 0. The second-order valence-electron chi connectivity index (χ2n) is 3.69. The van der Waals surface area contributed by atoms with Gasteiger partial charge in [0.15, 0.2) is 0 Å². The van der Waals surface area contributed by atoms with E-state index in [0.29, 0.717) is 0 Å². The first-order chi connectivity index (χ1) is 5.78. The Morgan fingerprint density at radius 3 is 2.00 bits per heavy atom. The van der Waals surface area contributed by atoms with E-state index >= 15 is 0 Å². The van der Waals surface area contributed by atoms with Crippen molar-refractivity contribution in [1.29, 1.82) is 0 Å². The molecule has 0 heterocycles. The largest absolute Gasteiger partial charge is 0.317 e. The summed E-state index contributed by atoms with van der Waals surface area (Å²) in [5.74, 6) is 0.925. The van der Waals surface area contributed by atoms with Gasteiger partial charge in [-0.3, -0.25) is 0 Å². The maximum atomic E-state index is 3.40. The van der Waals surface area contributed by atoms with Gasteiger partial charge in [0.2, 0.25) is 0 Å². The van der Waals surface area contributed by atoms with Gasteiger partial charge in [-0.15, -0.1) is 0 Å². The van der Waals surface area contributed by atoms with Gasteiger partial charge in [-0.05, 0) is 25.8 Å². The minimum atomic E-state index is 0.750. The lowest BCUT2D eigenvalue weighted by molar-refractivity contribution is 0.364. The molecule has 1 nitrogen and oxygen atoms in total. The Kier molecular flexibility index (Phi) is 7.58. The lowest BCUT2D eigenvalue weighted by atomic mass is 9.93. The fourth-order valence-electron chi connectivity index (χ4n) is 1.75. The summed E-state index contributed by atoms with van der Waals surface area (Å²) in [5, 5.41) is 3.40. The van der Waals surface area contributed by atoms with Crippen LogP contribution < -0.4 is 5.32 Å². The van der Waals surface area contributed by atoms with E-state index in [2.05, 4.69) is 33.1 Å². The van der Waals surface area contributed by atoms with Gasteiger partial charge in [0.25, 0.3) is 0 Å². The molecular formula is C11H25N. The average molecular weight is 171 g/mol. The molecule has 0 rings (SSSR count). The van der Waals surface area contributed by atoms with Crippen molar-refractivity contribution in [1.82, 2.24) is 5.32 Å². The normalized spacial score (nSPS) is 13.8. The highest BCUT2D eigenvalue weighted by atomic mass is 14.9. The molecule has 0 aliphatic rings. The molecule has 0 radical (unpaired) electrons. The van der Waals surface area contributed by atoms with Crippen LogP contribution in [0.5, 0.6) is 0 Å². The van der Waals surface area contributed by atoms with E-state index < -0.39 is 0 Å². The quantitative estimate of drug-likeness (QED) is 0.620. The van der Waals surface area contributed by atoms with Crippen molar-refractivity contribution in [3.63, 3.8) is 0 Å². The molecule has 1 N–H and O–H groups in total. The lowest BCUT2D eigenvalue weighted by Crippen LogP contribution is -2.27. The number of hydrogen-bond donors (Lipinski definition) is 1. The van der Waals surface area contributed by atoms with Gasteiger partial charge in [-0.25, -0.2) is 0 Å². The zero-order chi connectivity index (χ0) is 9.40. The van der Waals surface area contributed by atoms with Crippen LogP contribution in [-0.4, -0.2) is 13.1 Å². The molecule has 0 bridgehead atoms. The summed E-state index contributed by atoms with van der Waals surface area (Å²) in [4.78, 5) is 0. The zero-order valence-corrected chi connectivity index (χ0v) is 9.19. The van der Waals surface area contributed by atoms with Gasteiger partial charge < -0.3 is 5.32 Å². The van der Waals surface area contributed by atoms with Crippen LogP contribution in [0.2, 0.25) is 0 Å². The molecule has 0 saturated carbocycles. The van der Waals surface area contributed by atoms with E-state index in [1.54, 1.807) is 0 Å². The summed E-state index contributed by atoms with van der Waals surface area (Å²) in [6.07, 6.45) is 6.65. The van der Waals surface area contributed by atoms with E-state index in [-0.39, 0.29) is 0 Å². The molecule has 0 aliphatic heterocycles. The SMILES string of the molecule is CCCC(CC(CC)CC)NC. The standard InChI is InChI=1S/C11H25N/c1-5-8-11(12-4)9-10(6-2)7-3/h10-12H,5-9H2,1-4H3. The van der Waals surface area contributed by atoms with Crippen LogP contribution in [0.25, 0.3) is 0 Å². The van der Waals surface area contributed by atoms with Crippen LogP contribution in [-0.2, 0) is 0 Å². The lowest BCUT2D eigenvalue weighted by Gasteiger charge is -2.20. The van der Waals surface area contributed by atoms with Crippen molar-refractivity contribution in [3.8, 4) is 0 Å². The first-order valence-corrected chi connectivity index (χ1v) is 5.45. The van der Waals surface area contributed by atoms with Gasteiger partial charge >= 0.3 is 0 Å². The van der Waals surface area contributed by atoms with Crippen LogP contribution >= 0.6 is 0 Å². The summed E-state index contributed by atoms with van der Waals surface area (Å²) in [6.45, 7) is 6.86. The van der Waals surface area contributed by atoms with Crippen molar-refractivity contribution < 1.29 is 0 Å². The second kappa shape index (κ2) is 7.60. The van der Waals surface area contributed by atoms with Crippen LogP contribution in [0.15, 0.2) is 0 Å². The van der Waals surface area contributed by atoms with E-state index in [4.69, 9.17) is 0 Å². The molecule has 0 fully saturated rings. The molecule has 1 heteroatoms. The van der Waals surface area contributed by atoms with E-state index in [1.165, 1.54) is 32.1 Å². The summed E-state index contributed by atoms with van der Waals surface area (Å²) in [7, 11) is 2.09. The molecule has 0 aromatic heterocycles. The molecule has 0 aromatic rings. The van der Waals surface area contributed by atoms with Crippen molar-refractivity contribution in [2.75, 3.05) is 7.05 Å². The van der Waals surface area contributed by atoms with Crippen LogP contribution in [0.3, 0.4) is 0 Å². The topological polar surface area (TPSA) is 12.0 Å². The van der Waals surface area contributed by atoms with Gasteiger partial charge in [0.1, 0.15) is 0 Å². The minimum absolute atomic E-state index is 0.750. The molecule has 0 amide bonds. The van der Waals surface area contributed by atoms with Crippen LogP contribution in [0.4, 0.5) is 0 Å². The van der Waals surface area contributed by atoms with Crippen molar-refractivity contribution in [2.45, 2.75) is 58.9 Å². The zero-order valence-electron chi connectivity index (χ0n) is 9.19. The summed E-state index contributed by atoms with van der Waals surface area (Å²) < 4.78 is 0. The van der Waals surface area contributed by atoms with Crippen molar-refractivity contribution in [2.24, 2.45) is 5.92 Å². The highest BCUT2D eigenvalue weighted by Crippen LogP contribution is 2.16. The molecule has 74 valence electrons. The average Bonchev–Trinajstić information content (AvgIpc) is 2.12. The van der Waals surface area contributed by atoms with Crippen LogP contribution in [0, 0.1) is 5.92 Å². The Hall–Kier alpha value is -0.0400. The first-order valence-electron chi connectivity index (χ1n) is 5.45. The van der Waals surface area contributed by atoms with E-state index in [9.17, 15) is 0 Å². The second-order valence-corrected chi connectivity index (χ2v) is 3.69. The smallest absolute Gasteiger partial charge is 0.00665 e. The fraction of sp³-hybridized carbons (Fsp3) is 1.00. The maximum Gasteiger partial charge on any atom is 0.00665 e. The van der Waals surface area contributed by atoms with E-state index in [1.807, 2.05) is 0 Å². The Morgan fingerprint density at radius 2 is 1.67 bits per heavy atom. The monoisotopic (exact) mass is 171 g/mol. The molecule has 0 saturated heterocycles. The number of nitrogens with one attached hydrogen (secondary N) is 1. The Morgan fingerprint density at radius 1 is 1.08 bits per heavy atom. The van der Waals surface area contributed by atoms with Crippen molar-refractivity contribution in [3.05, 3.63) is 0 Å². The summed E-state index contributed by atoms with van der Waals surface area (Å²) in [6, 6.07) is 0.750. The van der Waals surface area contributed by atoms with Gasteiger partial charge in [-0.2, -0.15) is 0 Å². The van der Waals surface area contributed by atoms with Crippen molar-refractivity contribution >= 4 is 0 Å².